The Balaban J connectivity index is 1.87. The highest BCUT2D eigenvalue weighted by Crippen LogP contribution is 2.33. The van der Waals surface area contributed by atoms with Crippen LogP contribution in [-0.4, -0.2) is 5.91 Å². The van der Waals surface area contributed by atoms with Gasteiger partial charge in [0.1, 0.15) is 11.6 Å². The number of hydrogen-bond acceptors (Lipinski definition) is 2. The standard InChI is InChI=1S/C27H22N2O/c1-17-12-13-26(18(2)14-17)29-27(30)20(16-28)15-25-23-10-6-4-8-21(23)19(3)22-9-5-7-11-24(22)25/h4-15H,1-3H3,(H,29,30)/b20-15-. The highest BCUT2D eigenvalue weighted by Gasteiger charge is 2.15. The van der Waals surface area contributed by atoms with Crippen molar-refractivity contribution in [1.82, 2.24) is 0 Å². The second-order valence-electron chi connectivity index (χ2n) is 7.57. The smallest absolute Gasteiger partial charge is 0.266 e. The molecule has 0 saturated heterocycles. The van der Waals surface area contributed by atoms with Crippen molar-refractivity contribution in [1.29, 1.82) is 5.26 Å². The van der Waals surface area contributed by atoms with Gasteiger partial charge < -0.3 is 5.32 Å². The number of aryl methyl sites for hydroxylation is 3. The number of nitrogens with zero attached hydrogens (tertiary/aromatic N) is 1. The second kappa shape index (κ2) is 7.85. The highest BCUT2D eigenvalue weighted by molar-refractivity contribution is 6.15. The molecule has 3 heteroatoms. The molecule has 4 aromatic carbocycles. The van der Waals surface area contributed by atoms with Crippen LogP contribution in [0.3, 0.4) is 0 Å². The Hall–Kier alpha value is -3.90. The number of anilines is 1. The third-order valence-electron chi connectivity index (χ3n) is 5.53. The molecule has 0 aliphatic rings. The van der Waals surface area contributed by atoms with Crippen LogP contribution in [-0.2, 0) is 4.79 Å². The summed E-state index contributed by atoms with van der Waals surface area (Å²) in [6.45, 7) is 6.06. The van der Waals surface area contributed by atoms with Gasteiger partial charge in [-0.3, -0.25) is 4.79 Å². The molecule has 0 saturated carbocycles. The molecule has 0 atom stereocenters. The fourth-order valence-corrected chi connectivity index (χ4v) is 3.97. The van der Waals surface area contributed by atoms with Gasteiger partial charge in [-0.25, -0.2) is 0 Å². The van der Waals surface area contributed by atoms with Crippen LogP contribution < -0.4 is 5.32 Å². The summed E-state index contributed by atoms with van der Waals surface area (Å²) in [5.74, 6) is -0.404. The molecule has 4 rings (SSSR count). The van der Waals surface area contributed by atoms with E-state index in [1.54, 1.807) is 6.08 Å². The average Bonchev–Trinajstić information content (AvgIpc) is 2.76. The van der Waals surface area contributed by atoms with Gasteiger partial charge in [-0.15, -0.1) is 0 Å². The van der Waals surface area contributed by atoms with Crippen molar-refractivity contribution < 1.29 is 4.79 Å². The van der Waals surface area contributed by atoms with Crippen LogP contribution in [0.25, 0.3) is 27.6 Å². The minimum Gasteiger partial charge on any atom is -0.321 e. The Morgan fingerprint density at radius 3 is 1.97 bits per heavy atom. The van der Waals surface area contributed by atoms with Crippen molar-refractivity contribution in [3.8, 4) is 6.07 Å². The lowest BCUT2D eigenvalue weighted by atomic mass is 9.91. The van der Waals surface area contributed by atoms with Crippen LogP contribution in [0.5, 0.6) is 0 Å². The first kappa shape index (κ1) is 19.4. The summed E-state index contributed by atoms with van der Waals surface area (Å²) in [5, 5.41) is 17.0. The Labute approximate surface area is 176 Å². The van der Waals surface area contributed by atoms with E-state index in [1.165, 1.54) is 5.56 Å². The van der Waals surface area contributed by atoms with Crippen molar-refractivity contribution >= 4 is 39.2 Å². The Kier molecular flexibility index (Phi) is 5.08. The lowest BCUT2D eigenvalue weighted by Crippen LogP contribution is -2.14. The summed E-state index contributed by atoms with van der Waals surface area (Å²) in [6.07, 6.45) is 1.71. The first-order valence-corrected chi connectivity index (χ1v) is 9.90. The Morgan fingerprint density at radius 2 is 1.43 bits per heavy atom. The summed E-state index contributed by atoms with van der Waals surface area (Å²) in [6, 6.07) is 24.1. The van der Waals surface area contributed by atoms with Crippen LogP contribution in [0.1, 0.15) is 22.3 Å². The first-order valence-electron chi connectivity index (χ1n) is 9.90. The largest absolute Gasteiger partial charge is 0.321 e. The molecule has 0 radical (unpaired) electrons. The molecule has 0 aliphatic heterocycles. The molecule has 0 fully saturated rings. The van der Waals surface area contributed by atoms with Crippen LogP contribution in [0.2, 0.25) is 0 Å². The maximum absolute atomic E-state index is 12.9. The Morgan fingerprint density at radius 1 is 0.867 bits per heavy atom. The van der Waals surface area contributed by atoms with E-state index in [-0.39, 0.29) is 5.57 Å². The number of hydrogen-bond donors (Lipinski definition) is 1. The Bertz CT molecular complexity index is 1320. The lowest BCUT2D eigenvalue weighted by Gasteiger charge is -2.13. The normalized spacial score (nSPS) is 11.5. The quantitative estimate of drug-likeness (QED) is 0.248. The number of nitrogens with one attached hydrogen (secondary N) is 1. The number of amides is 1. The summed E-state index contributed by atoms with van der Waals surface area (Å²) >= 11 is 0. The molecule has 4 aromatic rings. The third-order valence-corrected chi connectivity index (χ3v) is 5.53. The first-order chi connectivity index (χ1) is 14.5. The SMILES string of the molecule is Cc1ccc(NC(=O)/C(C#N)=C\c2c3ccccc3c(C)c3ccccc23)c(C)c1. The molecule has 0 heterocycles. The number of benzene rings is 4. The number of carbonyl (C=O) groups excluding carboxylic acids is 1. The second-order valence-corrected chi connectivity index (χ2v) is 7.57. The number of nitriles is 1. The average molecular weight is 390 g/mol. The van der Waals surface area contributed by atoms with E-state index in [9.17, 15) is 10.1 Å². The van der Waals surface area contributed by atoms with Gasteiger partial charge in [0.25, 0.3) is 5.91 Å². The van der Waals surface area contributed by atoms with E-state index in [0.717, 1.165) is 38.2 Å². The van der Waals surface area contributed by atoms with Crippen molar-refractivity contribution in [2.24, 2.45) is 0 Å². The summed E-state index contributed by atoms with van der Waals surface area (Å²) < 4.78 is 0. The van der Waals surface area contributed by atoms with Gasteiger partial charge in [-0.2, -0.15) is 5.26 Å². The van der Waals surface area contributed by atoms with Crippen molar-refractivity contribution in [3.05, 3.63) is 94.6 Å². The van der Waals surface area contributed by atoms with Gasteiger partial charge in [0.2, 0.25) is 0 Å². The molecular formula is C27H22N2O. The van der Waals surface area contributed by atoms with E-state index in [0.29, 0.717) is 5.69 Å². The minimum atomic E-state index is -0.404. The summed E-state index contributed by atoms with van der Waals surface area (Å²) in [7, 11) is 0. The zero-order valence-electron chi connectivity index (χ0n) is 17.3. The molecule has 1 N–H and O–H groups in total. The van der Waals surface area contributed by atoms with Gasteiger partial charge in [0.05, 0.1) is 0 Å². The fraction of sp³-hybridized carbons (Fsp3) is 0.111. The molecule has 0 unspecified atom stereocenters. The van der Waals surface area contributed by atoms with E-state index in [2.05, 4.69) is 30.4 Å². The minimum absolute atomic E-state index is 0.0779. The molecule has 0 aliphatic carbocycles. The zero-order valence-corrected chi connectivity index (χ0v) is 17.3. The fourth-order valence-electron chi connectivity index (χ4n) is 3.97. The molecule has 30 heavy (non-hydrogen) atoms. The highest BCUT2D eigenvalue weighted by atomic mass is 16.1. The molecule has 0 aromatic heterocycles. The van der Waals surface area contributed by atoms with Crippen LogP contribution in [0.4, 0.5) is 5.69 Å². The lowest BCUT2D eigenvalue weighted by molar-refractivity contribution is -0.112. The van der Waals surface area contributed by atoms with Gasteiger partial charge in [0.15, 0.2) is 0 Å². The molecule has 0 spiro atoms. The summed E-state index contributed by atoms with van der Waals surface area (Å²) in [5.41, 5.74) is 4.96. The topological polar surface area (TPSA) is 52.9 Å². The molecule has 1 amide bonds. The predicted octanol–water partition coefficient (Wildman–Crippen LogP) is 6.46. The van der Waals surface area contributed by atoms with E-state index >= 15 is 0 Å². The maximum atomic E-state index is 12.9. The predicted molar refractivity (Wildman–Crippen MR) is 124 cm³/mol. The van der Waals surface area contributed by atoms with Crippen LogP contribution in [0, 0.1) is 32.1 Å². The van der Waals surface area contributed by atoms with E-state index in [1.807, 2.05) is 68.4 Å². The van der Waals surface area contributed by atoms with Crippen molar-refractivity contribution in [2.75, 3.05) is 5.32 Å². The number of fused-ring (bicyclic) bond motifs is 2. The van der Waals surface area contributed by atoms with Gasteiger partial charge in [-0.05, 0) is 71.1 Å². The number of carbonyl (C=O) groups is 1. The molecule has 146 valence electrons. The number of rotatable bonds is 3. The zero-order chi connectivity index (χ0) is 21.3. The van der Waals surface area contributed by atoms with Gasteiger partial charge in [0, 0.05) is 5.69 Å². The van der Waals surface area contributed by atoms with E-state index < -0.39 is 5.91 Å². The van der Waals surface area contributed by atoms with Gasteiger partial charge >= 0.3 is 0 Å². The van der Waals surface area contributed by atoms with Crippen molar-refractivity contribution in [2.45, 2.75) is 20.8 Å². The van der Waals surface area contributed by atoms with Gasteiger partial charge in [-0.1, -0.05) is 66.2 Å². The maximum Gasteiger partial charge on any atom is 0.266 e. The van der Waals surface area contributed by atoms with E-state index in [4.69, 9.17) is 0 Å². The van der Waals surface area contributed by atoms with Crippen molar-refractivity contribution in [3.63, 3.8) is 0 Å². The summed E-state index contributed by atoms with van der Waals surface area (Å²) in [4.78, 5) is 12.9. The third kappa shape index (κ3) is 3.44. The van der Waals surface area contributed by atoms with Crippen LogP contribution >= 0.6 is 0 Å². The molecular weight excluding hydrogens is 368 g/mol. The van der Waals surface area contributed by atoms with Crippen LogP contribution in [0.15, 0.2) is 72.3 Å². The molecule has 3 nitrogen and oxygen atoms in total. The monoisotopic (exact) mass is 390 g/mol. The molecule has 0 bridgehead atoms.